The lowest BCUT2D eigenvalue weighted by Gasteiger charge is -2.31. The number of nitrogens with two attached hydrogens (primary N) is 1. The third-order valence-corrected chi connectivity index (χ3v) is 3.95. The maximum absolute atomic E-state index is 9.12. The van der Waals surface area contributed by atoms with E-state index in [1.807, 2.05) is 12.1 Å². The van der Waals surface area contributed by atoms with Crippen LogP contribution in [-0.4, -0.2) is 17.7 Å². The molecule has 0 bridgehead atoms. The highest BCUT2D eigenvalue weighted by Crippen LogP contribution is 2.23. The molecule has 2 unspecified atom stereocenters. The molecule has 0 spiro atoms. The molecule has 0 heterocycles. The number of rotatable bonds is 5. The normalized spacial score (nSPS) is 24.1. The van der Waals surface area contributed by atoms with Crippen molar-refractivity contribution in [2.24, 2.45) is 11.7 Å². The van der Waals surface area contributed by atoms with E-state index in [2.05, 4.69) is 17.4 Å². The fourth-order valence-electron chi connectivity index (χ4n) is 2.85. The van der Waals surface area contributed by atoms with E-state index in [9.17, 15) is 0 Å². The summed E-state index contributed by atoms with van der Waals surface area (Å²) >= 11 is 0. The molecule has 18 heavy (non-hydrogen) atoms. The minimum absolute atomic E-state index is 0.114. The number of hydrogen-bond donors (Lipinski definition) is 3. The molecule has 0 radical (unpaired) electrons. The van der Waals surface area contributed by atoms with E-state index in [0.717, 1.165) is 18.7 Å². The van der Waals surface area contributed by atoms with Crippen molar-refractivity contribution < 1.29 is 5.11 Å². The summed E-state index contributed by atoms with van der Waals surface area (Å²) in [5.74, 6) is 0.625. The van der Waals surface area contributed by atoms with E-state index in [1.54, 1.807) is 0 Å². The van der Waals surface area contributed by atoms with Crippen LogP contribution in [0.15, 0.2) is 24.3 Å². The average molecular weight is 248 g/mol. The Morgan fingerprint density at radius 3 is 2.78 bits per heavy atom. The zero-order valence-corrected chi connectivity index (χ0v) is 10.9. The lowest BCUT2D eigenvalue weighted by atomic mass is 9.84. The number of aliphatic hydroxyl groups is 1. The smallest absolute Gasteiger partial charge is 0.0681 e. The molecule has 0 saturated heterocycles. The molecule has 1 fully saturated rings. The van der Waals surface area contributed by atoms with E-state index in [1.165, 1.54) is 31.2 Å². The molecule has 1 saturated carbocycles. The van der Waals surface area contributed by atoms with Crippen molar-refractivity contribution in [1.82, 2.24) is 5.32 Å². The van der Waals surface area contributed by atoms with E-state index in [-0.39, 0.29) is 6.61 Å². The molecule has 1 aromatic rings. The van der Waals surface area contributed by atoms with Crippen LogP contribution in [0.1, 0.15) is 36.8 Å². The minimum Gasteiger partial charge on any atom is -0.392 e. The molecule has 0 aromatic heterocycles. The highest BCUT2D eigenvalue weighted by Gasteiger charge is 2.23. The zero-order valence-electron chi connectivity index (χ0n) is 10.9. The highest BCUT2D eigenvalue weighted by atomic mass is 16.3. The Balaban J connectivity index is 1.89. The summed E-state index contributed by atoms with van der Waals surface area (Å²) in [5.41, 5.74) is 8.05. The Kier molecular flexibility index (Phi) is 5.17. The maximum atomic E-state index is 9.12. The van der Waals surface area contributed by atoms with Crippen molar-refractivity contribution >= 4 is 0 Å². The standard InChI is InChI=1S/C15H24N2O/c16-9-14-6-1-2-7-15(14)17-10-12-4-3-5-13(8-12)11-18/h3-5,8,14-15,17-18H,1-2,6-7,9-11,16H2. The quantitative estimate of drug-likeness (QED) is 0.744. The van der Waals surface area contributed by atoms with Gasteiger partial charge in [-0.05, 0) is 36.4 Å². The first-order valence-electron chi connectivity index (χ1n) is 6.95. The van der Waals surface area contributed by atoms with Gasteiger partial charge in [0.15, 0.2) is 0 Å². The van der Waals surface area contributed by atoms with Gasteiger partial charge in [0.05, 0.1) is 6.61 Å². The van der Waals surface area contributed by atoms with Gasteiger partial charge in [-0.2, -0.15) is 0 Å². The van der Waals surface area contributed by atoms with Crippen LogP contribution in [0.4, 0.5) is 0 Å². The van der Waals surface area contributed by atoms with Crippen LogP contribution in [0.3, 0.4) is 0 Å². The van der Waals surface area contributed by atoms with Gasteiger partial charge in [-0.1, -0.05) is 37.1 Å². The van der Waals surface area contributed by atoms with Gasteiger partial charge in [0.2, 0.25) is 0 Å². The monoisotopic (exact) mass is 248 g/mol. The summed E-state index contributed by atoms with van der Waals surface area (Å²) in [4.78, 5) is 0. The zero-order chi connectivity index (χ0) is 12.8. The fraction of sp³-hybridized carbons (Fsp3) is 0.600. The average Bonchev–Trinajstić information content (AvgIpc) is 2.45. The summed E-state index contributed by atoms with van der Waals surface area (Å²) in [6.07, 6.45) is 5.12. The predicted molar refractivity (Wildman–Crippen MR) is 74.0 cm³/mol. The molecular formula is C15H24N2O. The Labute approximate surface area is 109 Å². The number of hydrogen-bond acceptors (Lipinski definition) is 3. The van der Waals surface area contributed by atoms with Crippen LogP contribution >= 0.6 is 0 Å². The van der Waals surface area contributed by atoms with Gasteiger partial charge < -0.3 is 16.2 Å². The Bertz CT molecular complexity index is 367. The second kappa shape index (κ2) is 6.88. The largest absolute Gasteiger partial charge is 0.392 e. The Morgan fingerprint density at radius 2 is 2.00 bits per heavy atom. The first-order valence-corrected chi connectivity index (χ1v) is 6.95. The van der Waals surface area contributed by atoms with Crippen LogP contribution in [0.2, 0.25) is 0 Å². The van der Waals surface area contributed by atoms with Crippen molar-refractivity contribution in [3.63, 3.8) is 0 Å². The summed E-state index contributed by atoms with van der Waals surface area (Å²) in [7, 11) is 0. The van der Waals surface area contributed by atoms with Gasteiger partial charge in [0, 0.05) is 12.6 Å². The molecule has 1 aliphatic carbocycles. The number of benzene rings is 1. The van der Waals surface area contributed by atoms with E-state index < -0.39 is 0 Å². The molecule has 2 rings (SSSR count). The Hall–Kier alpha value is -0.900. The highest BCUT2D eigenvalue weighted by molar-refractivity contribution is 5.22. The molecule has 1 aromatic carbocycles. The van der Waals surface area contributed by atoms with E-state index in [0.29, 0.717) is 12.0 Å². The summed E-state index contributed by atoms with van der Waals surface area (Å²) in [6.45, 7) is 1.77. The Morgan fingerprint density at radius 1 is 1.22 bits per heavy atom. The van der Waals surface area contributed by atoms with Crippen LogP contribution in [0, 0.1) is 5.92 Å². The first-order chi connectivity index (χ1) is 8.83. The van der Waals surface area contributed by atoms with Gasteiger partial charge >= 0.3 is 0 Å². The van der Waals surface area contributed by atoms with Crippen molar-refractivity contribution in [3.05, 3.63) is 35.4 Å². The summed E-state index contributed by atoms with van der Waals surface area (Å²) in [6, 6.07) is 8.68. The van der Waals surface area contributed by atoms with Crippen LogP contribution in [-0.2, 0) is 13.2 Å². The van der Waals surface area contributed by atoms with Gasteiger partial charge in [0.25, 0.3) is 0 Å². The predicted octanol–water partition coefficient (Wildman–Crippen LogP) is 1.79. The molecule has 2 atom stereocenters. The number of nitrogens with one attached hydrogen (secondary N) is 1. The SMILES string of the molecule is NCC1CCCCC1NCc1cccc(CO)c1. The van der Waals surface area contributed by atoms with Crippen LogP contribution in [0.25, 0.3) is 0 Å². The van der Waals surface area contributed by atoms with Crippen molar-refractivity contribution in [2.45, 2.75) is 44.9 Å². The molecule has 0 amide bonds. The maximum Gasteiger partial charge on any atom is 0.0681 e. The van der Waals surface area contributed by atoms with Gasteiger partial charge in [-0.3, -0.25) is 0 Å². The first kappa shape index (κ1) is 13.5. The molecular weight excluding hydrogens is 224 g/mol. The molecule has 100 valence electrons. The third-order valence-electron chi connectivity index (χ3n) is 3.95. The van der Waals surface area contributed by atoms with Crippen molar-refractivity contribution in [1.29, 1.82) is 0 Å². The van der Waals surface area contributed by atoms with Crippen molar-refractivity contribution in [2.75, 3.05) is 6.54 Å². The van der Waals surface area contributed by atoms with Gasteiger partial charge in [-0.15, -0.1) is 0 Å². The lowest BCUT2D eigenvalue weighted by molar-refractivity contribution is 0.266. The third kappa shape index (κ3) is 3.55. The molecule has 1 aliphatic rings. The summed E-state index contributed by atoms with van der Waals surface area (Å²) in [5, 5.41) is 12.8. The fourth-order valence-corrected chi connectivity index (χ4v) is 2.85. The topological polar surface area (TPSA) is 58.3 Å². The summed E-state index contributed by atoms with van der Waals surface area (Å²) < 4.78 is 0. The van der Waals surface area contributed by atoms with Crippen LogP contribution < -0.4 is 11.1 Å². The van der Waals surface area contributed by atoms with E-state index in [4.69, 9.17) is 10.8 Å². The van der Waals surface area contributed by atoms with Crippen LogP contribution in [0.5, 0.6) is 0 Å². The molecule has 4 N–H and O–H groups in total. The van der Waals surface area contributed by atoms with Gasteiger partial charge in [0.1, 0.15) is 0 Å². The number of aliphatic hydroxyl groups excluding tert-OH is 1. The van der Waals surface area contributed by atoms with E-state index >= 15 is 0 Å². The second-order valence-electron chi connectivity index (χ2n) is 5.25. The molecule has 0 aliphatic heterocycles. The molecule has 3 heteroatoms. The van der Waals surface area contributed by atoms with Gasteiger partial charge in [-0.25, -0.2) is 0 Å². The second-order valence-corrected chi connectivity index (χ2v) is 5.25. The lowest BCUT2D eigenvalue weighted by Crippen LogP contribution is -2.41. The minimum atomic E-state index is 0.114. The van der Waals surface area contributed by atoms with Crippen molar-refractivity contribution in [3.8, 4) is 0 Å². The molecule has 3 nitrogen and oxygen atoms in total.